The van der Waals surface area contributed by atoms with Crippen molar-refractivity contribution in [2.24, 2.45) is 16.7 Å². The minimum absolute atomic E-state index is 0.143. The van der Waals surface area contributed by atoms with E-state index in [2.05, 4.69) is 47.8 Å². The largest absolute Gasteiger partial charge is 0.460 e. The highest BCUT2D eigenvalue weighted by atomic mass is 16.5. The maximum atomic E-state index is 12.6. The Bertz CT molecular complexity index is 383. The molecule has 2 nitrogen and oxygen atoms in total. The predicted molar refractivity (Wildman–Crippen MR) is 86.5 cm³/mol. The summed E-state index contributed by atoms with van der Waals surface area (Å²) in [6.45, 7) is 20.1. The first-order valence-electron chi connectivity index (χ1n) is 7.19. The molecular weight excluding hydrogens is 248 g/mol. The van der Waals surface area contributed by atoms with Gasteiger partial charge in [0.25, 0.3) is 0 Å². The molecule has 0 heterocycles. The van der Waals surface area contributed by atoms with E-state index in [0.717, 1.165) is 12.0 Å². The summed E-state index contributed by atoms with van der Waals surface area (Å²) < 4.78 is 5.51. The van der Waals surface area contributed by atoms with Gasteiger partial charge in [-0.3, -0.25) is 4.79 Å². The fourth-order valence-electron chi connectivity index (χ4n) is 2.15. The van der Waals surface area contributed by atoms with Crippen LogP contribution in [0.15, 0.2) is 37.0 Å². The van der Waals surface area contributed by atoms with Crippen LogP contribution < -0.4 is 0 Å². The number of carbonyl (C=O) groups is 1. The molecule has 0 spiro atoms. The van der Waals surface area contributed by atoms with Gasteiger partial charge in [0.1, 0.15) is 6.61 Å². The average molecular weight is 278 g/mol. The Morgan fingerprint density at radius 3 is 2.10 bits per heavy atom. The van der Waals surface area contributed by atoms with Crippen LogP contribution in [0.2, 0.25) is 0 Å². The van der Waals surface area contributed by atoms with Crippen LogP contribution in [0.1, 0.15) is 48.0 Å². The Labute approximate surface area is 124 Å². The third kappa shape index (κ3) is 4.99. The highest BCUT2D eigenvalue weighted by Gasteiger charge is 2.45. The molecule has 0 amide bonds. The second-order valence-corrected chi connectivity index (χ2v) is 6.94. The molecular formula is C18H30O2. The standard InChI is InChI=1S/C18H30O2/c1-9-11-15(10-2)13-20-16(19)18(8,12-14(3)4)17(5,6)7/h9-11,14H,1-2,12-13H2,3-8H3/b15-11+. The van der Waals surface area contributed by atoms with E-state index < -0.39 is 5.41 Å². The minimum Gasteiger partial charge on any atom is -0.460 e. The third-order valence-electron chi connectivity index (χ3n) is 3.89. The normalized spacial score (nSPS) is 15.7. The summed E-state index contributed by atoms with van der Waals surface area (Å²) >= 11 is 0. The zero-order chi connectivity index (χ0) is 16.0. The molecule has 0 aliphatic heterocycles. The lowest BCUT2D eigenvalue weighted by Gasteiger charge is -2.40. The van der Waals surface area contributed by atoms with Crippen LogP contribution in [0.3, 0.4) is 0 Å². The summed E-state index contributed by atoms with van der Waals surface area (Å²) in [6, 6.07) is 0. The molecule has 1 unspecified atom stereocenters. The fraction of sp³-hybridized carbons (Fsp3) is 0.611. The van der Waals surface area contributed by atoms with Crippen molar-refractivity contribution in [2.75, 3.05) is 6.61 Å². The smallest absolute Gasteiger partial charge is 0.312 e. The topological polar surface area (TPSA) is 26.3 Å². The molecule has 1 atom stereocenters. The van der Waals surface area contributed by atoms with Gasteiger partial charge < -0.3 is 4.74 Å². The predicted octanol–water partition coefficient (Wildman–Crippen LogP) is 4.93. The van der Waals surface area contributed by atoms with Crippen molar-refractivity contribution in [3.63, 3.8) is 0 Å². The van der Waals surface area contributed by atoms with Gasteiger partial charge in [0, 0.05) is 0 Å². The molecule has 0 aromatic carbocycles. The van der Waals surface area contributed by atoms with Crippen LogP contribution >= 0.6 is 0 Å². The number of allylic oxidation sites excluding steroid dienone is 2. The maximum absolute atomic E-state index is 12.6. The molecule has 0 aliphatic rings. The molecule has 2 heteroatoms. The fourth-order valence-corrected chi connectivity index (χ4v) is 2.15. The highest BCUT2D eigenvalue weighted by Crippen LogP contribution is 2.44. The molecule has 0 aromatic rings. The number of rotatable bonds is 7. The van der Waals surface area contributed by atoms with Crippen LogP contribution in [0, 0.1) is 16.7 Å². The summed E-state index contributed by atoms with van der Waals surface area (Å²) in [5.41, 5.74) is 0.209. The van der Waals surface area contributed by atoms with E-state index in [9.17, 15) is 4.79 Å². The van der Waals surface area contributed by atoms with Crippen molar-refractivity contribution in [2.45, 2.75) is 48.0 Å². The number of hydrogen-bond donors (Lipinski definition) is 0. The summed E-state index contributed by atoms with van der Waals surface area (Å²) in [6.07, 6.45) is 5.97. The van der Waals surface area contributed by atoms with E-state index >= 15 is 0 Å². The summed E-state index contributed by atoms with van der Waals surface area (Å²) in [5, 5.41) is 0. The van der Waals surface area contributed by atoms with Gasteiger partial charge in [-0.2, -0.15) is 0 Å². The molecule has 0 bridgehead atoms. The Morgan fingerprint density at radius 2 is 1.75 bits per heavy atom. The quantitative estimate of drug-likeness (QED) is 0.487. The van der Waals surface area contributed by atoms with Crippen molar-refractivity contribution in [1.29, 1.82) is 0 Å². The van der Waals surface area contributed by atoms with Crippen LogP contribution in [-0.4, -0.2) is 12.6 Å². The Kier molecular flexibility index (Phi) is 6.98. The molecule has 114 valence electrons. The van der Waals surface area contributed by atoms with E-state index in [1.165, 1.54) is 0 Å². The highest BCUT2D eigenvalue weighted by molar-refractivity contribution is 5.77. The average Bonchev–Trinajstić information content (AvgIpc) is 2.31. The Balaban J connectivity index is 5.04. The van der Waals surface area contributed by atoms with Crippen LogP contribution in [-0.2, 0) is 9.53 Å². The number of hydrogen-bond acceptors (Lipinski definition) is 2. The van der Waals surface area contributed by atoms with Gasteiger partial charge in [-0.25, -0.2) is 0 Å². The first kappa shape index (κ1) is 18.7. The molecule has 0 saturated carbocycles. The summed E-state index contributed by atoms with van der Waals surface area (Å²) in [7, 11) is 0. The maximum Gasteiger partial charge on any atom is 0.312 e. The van der Waals surface area contributed by atoms with Gasteiger partial charge >= 0.3 is 5.97 Å². The van der Waals surface area contributed by atoms with Crippen molar-refractivity contribution in [3.05, 3.63) is 37.0 Å². The molecule has 0 aromatic heterocycles. The monoisotopic (exact) mass is 278 g/mol. The van der Waals surface area contributed by atoms with E-state index in [1.807, 2.05) is 6.92 Å². The van der Waals surface area contributed by atoms with Crippen LogP contribution in [0.5, 0.6) is 0 Å². The summed E-state index contributed by atoms with van der Waals surface area (Å²) in [5.74, 6) is 0.296. The molecule has 0 N–H and O–H groups in total. The second-order valence-electron chi connectivity index (χ2n) is 6.94. The zero-order valence-corrected chi connectivity index (χ0v) is 14.0. The van der Waals surface area contributed by atoms with Crippen LogP contribution in [0.25, 0.3) is 0 Å². The van der Waals surface area contributed by atoms with Gasteiger partial charge in [0.15, 0.2) is 0 Å². The Hall–Kier alpha value is -1.31. The Morgan fingerprint density at radius 1 is 1.20 bits per heavy atom. The third-order valence-corrected chi connectivity index (χ3v) is 3.89. The molecule has 0 rings (SSSR count). The SMILES string of the molecule is C=C/C=C(\C=C)COC(=O)C(C)(CC(C)C)C(C)(C)C. The number of esters is 1. The zero-order valence-electron chi connectivity index (χ0n) is 14.0. The van der Waals surface area contributed by atoms with Crippen molar-refractivity contribution < 1.29 is 9.53 Å². The van der Waals surface area contributed by atoms with E-state index in [4.69, 9.17) is 4.74 Å². The second kappa shape index (κ2) is 7.47. The van der Waals surface area contributed by atoms with Gasteiger partial charge in [0.2, 0.25) is 0 Å². The number of ether oxygens (including phenoxy) is 1. The first-order valence-corrected chi connectivity index (χ1v) is 7.19. The molecule has 0 radical (unpaired) electrons. The summed E-state index contributed by atoms with van der Waals surface area (Å²) in [4.78, 5) is 12.6. The molecule has 20 heavy (non-hydrogen) atoms. The van der Waals surface area contributed by atoms with Crippen LogP contribution in [0.4, 0.5) is 0 Å². The lowest BCUT2D eigenvalue weighted by atomic mass is 9.64. The van der Waals surface area contributed by atoms with E-state index in [1.54, 1.807) is 18.2 Å². The lowest BCUT2D eigenvalue weighted by molar-refractivity contribution is -0.162. The van der Waals surface area contributed by atoms with Crippen molar-refractivity contribution in [1.82, 2.24) is 0 Å². The lowest BCUT2D eigenvalue weighted by Crippen LogP contribution is -2.42. The van der Waals surface area contributed by atoms with Gasteiger partial charge in [-0.05, 0) is 30.3 Å². The first-order chi connectivity index (χ1) is 9.08. The van der Waals surface area contributed by atoms with E-state index in [0.29, 0.717) is 5.92 Å². The van der Waals surface area contributed by atoms with Gasteiger partial charge in [0.05, 0.1) is 5.41 Å². The van der Waals surface area contributed by atoms with Gasteiger partial charge in [-0.1, -0.05) is 66.0 Å². The molecule has 0 saturated heterocycles. The molecule has 0 aliphatic carbocycles. The molecule has 0 fully saturated rings. The van der Waals surface area contributed by atoms with Crippen molar-refractivity contribution in [3.8, 4) is 0 Å². The van der Waals surface area contributed by atoms with Crippen molar-refractivity contribution >= 4 is 5.97 Å². The minimum atomic E-state index is -0.498. The van der Waals surface area contributed by atoms with E-state index in [-0.39, 0.29) is 18.0 Å². The van der Waals surface area contributed by atoms with Gasteiger partial charge in [-0.15, -0.1) is 0 Å². The number of carbonyl (C=O) groups excluding carboxylic acids is 1.